The summed E-state index contributed by atoms with van der Waals surface area (Å²) in [6, 6.07) is 0.628. The fourth-order valence-electron chi connectivity index (χ4n) is 3.34. The lowest BCUT2D eigenvalue weighted by atomic mass is 10.2. The monoisotopic (exact) mass is 301 g/mol. The molecule has 0 aromatic heterocycles. The highest BCUT2D eigenvalue weighted by Gasteiger charge is 2.41. The molecule has 2 saturated heterocycles. The molecule has 6 heteroatoms. The third kappa shape index (κ3) is 3.35. The maximum absolute atomic E-state index is 12.9. The van der Waals surface area contributed by atoms with Crippen LogP contribution in [0.15, 0.2) is 0 Å². The Bertz CT molecular complexity index is 408. The van der Waals surface area contributed by atoms with Crippen LogP contribution in [0.1, 0.15) is 51.4 Å². The van der Waals surface area contributed by atoms with Gasteiger partial charge in [-0.2, -0.15) is 17.0 Å². The SMILES string of the molecule is O=S(=O)(N1CCCCCC1)N(CC1CCCN1)C1CC1. The first-order valence-electron chi connectivity index (χ1n) is 8.18. The molecule has 3 fully saturated rings. The lowest BCUT2D eigenvalue weighted by Crippen LogP contribution is -2.49. The van der Waals surface area contributed by atoms with E-state index in [1.165, 1.54) is 19.3 Å². The minimum absolute atomic E-state index is 0.269. The van der Waals surface area contributed by atoms with E-state index in [0.29, 0.717) is 25.7 Å². The van der Waals surface area contributed by atoms with Crippen molar-refractivity contribution >= 4 is 10.2 Å². The fraction of sp³-hybridized carbons (Fsp3) is 1.00. The van der Waals surface area contributed by atoms with Gasteiger partial charge in [-0.1, -0.05) is 12.8 Å². The van der Waals surface area contributed by atoms with E-state index in [0.717, 1.165) is 38.6 Å². The van der Waals surface area contributed by atoms with Crippen LogP contribution >= 0.6 is 0 Å². The minimum atomic E-state index is -3.25. The molecule has 0 amide bonds. The van der Waals surface area contributed by atoms with Gasteiger partial charge in [-0.3, -0.25) is 0 Å². The first-order chi connectivity index (χ1) is 9.68. The first kappa shape index (κ1) is 14.8. The van der Waals surface area contributed by atoms with E-state index in [9.17, 15) is 8.42 Å². The van der Waals surface area contributed by atoms with Gasteiger partial charge in [-0.05, 0) is 45.1 Å². The van der Waals surface area contributed by atoms with Gasteiger partial charge in [0.2, 0.25) is 0 Å². The van der Waals surface area contributed by atoms with Crippen molar-refractivity contribution in [2.75, 3.05) is 26.2 Å². The first-order valence-corrected chi connectivity index (χ1v) is 9.58. The quantitative estimate of drug-likeness (QED) is 0.833. The molecule has 0 aromatic carbocycles. The van der Waals surface area contributed by atoms with Gasteiger partial charge in [0.05, 0.1) is 0 Å². The Morgan fingerprint density at radius 1 is 1.00 bits per heavy atom. The van der Waals surface area contributed by atoms with Crippen molar-refractivity contribution in [3.63, 3.8) is 0 Å². The molecule has 116 valence electrons. The average molecular weight is 301 g/mol. The predicted molar refractivity (Wildman–Crippen MR) is 79.7 cm³/mol. The smallest absolute Gasteiger partial charge is 0.282 e. The molecule has 2 aliphatic heterocycles. The molecule has 1 saturated carbocycles. The normalized spacial score (nSPS) is 29.8. The molecule has 2 heterocycles. The molecular weight excluding hydrogens is 274 g/mol. The Labute approximate surface area is 122 Å². The molecule has 0 spiro atoms. The highest BCUT2D eigenvalue weighted by molar-refractivity contribution is 7.86. The van der Waals surface area contributed by atoms with Gasteiger partial charge in [0.15, 0.2) is 0 Å². The van der Waals surface area contributed by atoms with E-state index in [-0.39, 0.29) is 6.04 Å². The van der Waals surface area contributed by atoms with Gasteiger partial charge < -0.3 is 5.32 Å². The predicted octanol–water partition coefficient (Wildman–Crippen LogP) is 1.32. The lowest BCUT2D eigenvalue weighted by molar-refractivity contribution is 0.314. The Morgan fingerprint density at radius 3 is 2.25 bits per heavy atom. The molecule has 1 N–H and O–H groups in total. The van der Waals surface area contributed by atoms with E-state index in [4.69, 9.17) is 0 Å². The molecule has 20 heavy (non-hydrogen) atoms. The van der Waals surface area contributed by atoms with Gasteiger partial charge in [0.1, 0.15) is 0 Å². The Balaban J connectivity index is 1.70. The summed E-state index contributed by atoms with van der Waals surface area (Å²) in [5, 5.41) is 3.43. The van der Waals surface area contributed by atoms with E-state index < -0.39 is 10.2 Å². The van der Waals surface area contributed by atoms with Crippen LogP contribution in [0.4, 0.5) is 0 Å². The van der Waals surface area contributed by atoms with Gasteiger partial charge in [-0.15, -0.1) is 0 Å². The van der Waals surface area contributed by atoms with Crippen molar-refractivity contribution in [2.24, 2.45) is 0 Å². The summed E-state index contributed by atoms with van der Waals surface area (Å²) in [5.74, 6) is 0. The summed E-state index contributed by atoms with van der Waals surface area (Å²) in [7, 11) is -3.25. The maximum atomic E-state index is 12.9. The Kier molecular flexibility index (Phi) is 4.65. The summed E-state index contributed by atoms with van der Waals surface area (Å²) < 4.78 is 29.4. The van der Waals surface area contributed by atoms with Crippen LogP contribution in [0.3, 0.4) is 0 Å². The number of rotatable bonds is 5. The summed E-state index contributed by atoms with van der Waals surface area (Å²) in [5.41, 5.74) is 0. The zero-order chi connectivity index (χ0) is 14.0. The summed E-state index contributed by atoms with van der Waals surface area (Å²) in [6.07, 6.45) is 8.73. The lowest BCUT2D eigenvalue weighted by Gasteiger charge is -2.31. The van der Waals surface area contributed by atoms with Crippen molar-refractivity contribution in [3.05, 3.63) is 0 Å². The summed E-state index contributed by atoms with van der Waals surface area (Å²) >= 11 is 0. The Hall–Kier alpha value is -0.170. The second kappa shape index (κ2) is 6.30. The minimum Gasteiger partial charge on any atom is -0.313 e. The zero-order valence-corrected chi connectivity index (χ0v) is 13.1. The number of nitrogens with one attached hydrogen (secondary N) is 1. The molecule has 1 unspecified atom stereocenters. The molecule has 3 rings (SSSR count). The molecule has 0 bridgehead atoms. The third-order valence-corrected chi connectivity index (χ3v) is 6.76. The molecule has 1 atom stereocenters. The summed E-state index contributed by atoms with van der Waals surface area (Å²) in [4.78, 5) is 0. The van der Waals surface area contributed by atoms with Crippen molar-refractivity contribution in [2.45, 2.75) is 63.5 Å². The van der Waals surface area contributed by atoms with Crippen molar-refractivity contribution in [1.82, 2.24) is 13.9 Å². The second-order valence-corrected chi connectivity index (χ2v) is 8.30. The van der Waals surface area contributed by atoms with Gasteiger partial charge in [0.25, 0.3) is 10.2 Å². The van der Waals surface area contributed by atoms with Crippen molar-refractivity contribution in [1.29, 1.82) is 0 Å². The molecular formula is C14H27N3O2S. The standard InChI is InChI=1S/C14H27N3O2S/c18-20(19,16-10-3-1-2-4-11-16)17(14-7-8-14)12-13-6-5-9-15-13/h13-15H,1-12H2. The van der Waals surface area contributed by atoms with E-state index in [1.807, 2.05) is 0 Å². The number of hydrogen-bond donors (Lipinski definition) is 1. The molecule has 5 nitrogen and oxygen atoms in total. The highest BCUT2D eigenvalue weighted by Crippen LogP contribution is 2.32. The van der Waals surface area contributed by atoms with Crippen molar-refractivity contribution in [3.8, 4) is 0 Å². The van der Waals surface area contributed by atoms with Crippen LogP contribution in [-0.4, -0.2) is 55.3 Å². The molecule has 1 aliphatic carbocycles. The van der Waals surface area contributed by atoms with E-state index in [1.54, 1.807) is 8.61 Å². The van der Waals surface area contributed by atoms with E-state index >= 15 is 0 Å². The summed E-state index contributed by atoms with van der Waals surface area (Å²) in [6.45, 7) is 3.13. The molecule has 3 aliphatic rings. The molecule has 0 aromatic rings. The third-order valence-electron chi connectivity index (χ3n) is 4.70. The maximum Gasteiger partial charge on any atom is 0.282 e. The van der Waals surface area contributed by atoms with Crippen LogP contribution in [0.25, 0.3) is 0 Å². The number of hydrogen-bond acceptors (Lipinski definition) is 3. The second-order valence-electron chi connectivity index (χ2n) is 6.42. The fourth-order valence-corrected chi connectivity index (χ4v) is 5.32. The van der Waals surface area contributed by atoms with Gasteiger partial charge >= 0.3 is 0 Å². The van der Waals surface area contributed by atoms with Crippen LogP contribution in [0, 0.1) is 0 Å². The zero-order valence-electron chi connectivity index (χ0n) is 12.3. The Morgan fingerprint density at radius 2 is 1.70 bits per heavy atom. The van der Waals surface area contributed by atoms with Gasteiger partial charge in [-0.25, -0.2) is 0 Å². The highest BCUT2D eigenvalue weighted by atomic mass is 32.2. The van der Waals surface area contributed by atoms with E-state index in [2.05, 4.69) is 5.32 Å². The van der Waals surface area contributed by atoms with Crippen LogP contribution < -0.4 is 5.32 Å². The van der Waals surface area contributed by atoms with Crippen molar-refractivity contribution < 1.29 is 8.42 Å². The van der Waals surface area contributed by atoms with Crippen LogP contribution in [-0.2, 0) is 10.2 Å². The topological polar surface area (TPSA) is 52.7 Å². The van der Waals surface area contributed by atoms with Crippen LogP contribution in [0.5, 0.6) is 0 Å². The largest absolute Gasteiger partial charge is 0.313 e. The number of nitrogens with zero attached hydrogens (tertiary/aromatic N) is 2. The van der Waals surface area contributed by atoms with Gasteiger partial charge in [0, 0.05) is 31.7 Å². The molecule has 0 radical (unpaired) electrons. The average Bonchev–Trinajstić information content (AvgIpc) is 3.19. The van der Waals surface area contributed by atoms with Crippen LogP contribution in [0.2, 0.25) is 0 Å².